The summed E-state index contributed by atoms with van der Waals surface area (Å²) >= 11 is 1.71. The highest BCUT2D eigenvalue weighted by atomic mass is 32.2. The topological polar surface area (TPSA) is 46.2 Å². The van der Waals surface area contributed by atoms with Gasteiger partial charge in [0.2, 0.25) is 0 Å². The number of hydrogen-bond acceptors (Lipinski definition) is 3. The lowest BCUT2D eigenvalue weighted by molar-refractivity contribution is 0.208. The van der Waals surface area contributed by atoms with Gasteiger partial charge in [-0.15, -0.1) is 0 Å². The van der Waals surface area contributed by atoms with Crippen molar-refractivity contribution >= 4 is 11.8 Å². The zero-order valence-electron chi connectivity index (χ0n) is 5.13. The van der Waals surface area contributed by atoms with Crippen molar-refractivity contribution in [2.24, 2.45) is 5.73 Å². The zero-order valence-corrected chi connectivity index (χ0v) is 5.95. The van der Waals surface area contributed by atoms with Crippen LogP contribution in [0.2, 0.25) is 0 Å². The lowest BCUT2D eigenvalue weighted by atomic mass is 10.4. The molecule has 0 radical (unpaired) electrons. The van der Waals surface area contributed by atoms with E-state index in [1.807, 2.05) is 0 Å². The fraction of sp³-hybridized carbons (Fsp3) is 1.00. The number of thioether (sulfide) groups is 1. The summed E-state index contributed by atoms with van der Waals surface area (Å²) in [5.41, 5.74) is 5.15. The molecule has 0 saturated heterocycles. The molecule has 0 bridgehead atoms. The van der Waals surface area contributed by atoms with Crippen molar-refractivity contribution in [3.05, 3.63) is 0 Å². The molecule has 0 fully saturated rings. The summed E-state index contributed by atoms with van der Waals surface area (Å²) in [7, 11) is 0. The molecule has 8 heavy (non-hydrogen) atoms. The van der Waals surface area contributed by atoms with Crippen molar-refractivity contribution in [2.75, 3.05) is 18.1 Å². The van der Waals surface area contributed by atoms with Gasteiger partial charge in [0.05, 0.1) is 6.10 Å². The molecule has 0 aromatic carbocycles. The third kappa shape index (κ3) is 4.43. The molecular formula is C5H13NOS. The van der Waals surface area contributed by atoms with E-state index >= 15 is 0 Å². The molecule has 0 heterocycles. The van der Waals surface area contributed by atoms with Crippen LogP contribution in [0, 0.1) is 0 Å². The van der Waals surface area contributed by atoms with Gasteiger partial charge < -0.3 is 10.8 Å². The first-order valence-corrected chi connectivity index (χ1v) is 3.92. The minimum Gasteiger partial charge on any atom is -0.391 e. The maximum atomic E-state index is 8.84. The first-order chi connectivity index (χ1) is 3.81. The van der Waals surface area contributed by atoms with Crippen LogP contribution < -0.4 is 5.73 Å². The smallest absolute Gasteiger partial charge is 0.0752 e. The Hall–Kier alpha value is 0.270. The molecule has 0 aliphatic heterocycles. The fourth-order valence-corrected chi connectivity index (χ4v) is 0.966. The Morgan fingerprint density at radius 1 is 1.75 bits per heavy atom. The van der Waals surface area contributed by atoms with E-state index in [9.17, 15) is 0 Å². The molecule has 0 aliphatic rings. The Bertz CT molecular complexity index is 51.7. The molecule has 0 aromatic rings. The second-order valence-electron chi connectivity index (χ2n) is 1.55. The van der Waals surface area contributed by atoms with Gasteiger partial charge >= 0.3 is 0 Å². The highest BCUT2D eigenvalue weighted by Gasteiger charge is 1.97. The number of aliphatic hydroxyl groups excluding tert-OH is 1. The summed E-state index contributed by atoms with van der Waals surface area (Å²) in [6.07, 6.45) is -0.306. The van der Waals surface area contributed by atoms with Crippen molar-refractivity contribution in [3.63, 3.8) is 0 Å². The average molecular weight is 135 g/mol. The summed E-state index contributed by atoms with van der Waals surface area (Å²) in [5, 5.41) is 8.84. The van der Waals surface area contributed by atoms with Crippen LogP contribution >= 0.6 is 11.8 Å². The van der Waals surface area contributed by atoms with Gasteiger partial charge in [0, 0.05) is 12.3 Å². The van der Waals surface area contributed by atoms with Gasteiger partial charge in [0.25, 0.3) is 0 Å². The van der Waals surface area contributed by atoms with Gasteiger partial charge in [-0.1, -0.05) is 6.92 Å². The van der Waals surface area contributed by atoms with E-state index in [0.717, 1.165) is 11.5 Å². The SMILES string of the molecule is CCSC[C@@H](O)CN. The van der Waals surface area contributed by atoms with Crippen LogP contribution in [0.25, 0.3) is 0 Å². The standard InChI is InChI=1S/C5H13NOS/c1-2-8-4-5(7)3-6/h5,7H,2-4,6H2,1H3/t5-/m0/s1. The third-order valence-electron chi connectivity index (χ3n) is 0.786. The second-order valence-corrected chi connectivity index (χ2v) is 2.87. The summed E-state index contributed by atoms with van der Waals surface area (Å²) in [6.45, 7) is 2.45. The van der Waals surface area contributed by atoms with Crippen LogP contribution in [0.5, 0.6) is 0 Å². The molecule has 0 rings (SSSR count). The van der Waals surface area contributed by atoms with Gasteiger partial charge in [-0.25, -0.2) is 0 Å². The summed E-state index contributed by atoms with van der Waals surface area (Å²) in [5.74, 6) is 1.82. The maximum Gasteiger partial charge on any atom is 0.0752 e. The van der Waals surface area contributed by atoms with Crippen molar-refractivity contribution in [3.8, 4) is 0 Å². The van der Waals surface area contributed by atoms with E-state index in [1.54, 1.807) is 11.8 Å². The summed E-state index contributed by atoms with van der Waals surface area (Å²) in [4.78, 5) is 0. The van der Waals surface area contributed by atoms with Gasteiger partial charge in [0.1, 0.15) is 0 Å². The molecule has 0 spiro atoms. The Morgan fingerprint density at radius 3 is 2.75 bits per heavy atom. The van der Waals surface area contributed by atoms with Crippen LogP contribution in [0.4, 0.5) is 0 Å². The predicted molar refractivity (Wildman–Crippen MR) is 38.1 cm³/mol. The highest BCUT2D eigenvalue weighted by molar-refractivity contribution is 7.99. The largest absolute Gasteiger partial charge is 0.391 e. The van der Waals surface area contributed by atoms with Gasteiger partial charge in [0.15, 0.2) is 0 Å². The molecule has 2 nitrogen and oxygen atoms in total. The van der Waals surface area contributed by atoms with Crippen molar-refractivity contribution in [2.45, 2.75) is 13.0 Å². The second kappa shape index (κ2) is 5.41. The summed E-state index contributed by atoms with van der Waals surface area (Å²) in [6, 6.07) is 0. The number of hydrogen-bond donors (Lipinski definition) is 2. The first kappa shape index (κ1) is 8.27. The van der Waals surface area contributed by atoms with E-state index in [2.05, 4.69) is 6.92 Å². The molecule has 0 unspecified atom stereocenters. The Labute approximate surface area is 54.5 Å². The molecular weight excluding hydrogens is 122 g/mol. The zero-order chi connectivity index (χ0) is 6.41. The Kier molecular flexibility index (Phi) is 5.59. The van der Waals surface area contributed by atoms with Crippen LogP contribution in [0.15, 0.2) is 0 Å². The fourth-order valence-electron chi connectivity index (χ4n) is 0.322. The average Bonchev–Trinajstić information content (AvgIpc) is 1.83. The minimum atomic E-state index is -0.306. The predicted octanol–water partition coefficient (Wildman–Crippen LogP) is 0.0591. The highest BCUT2D eigenvalue weighted by Crippen LogP contribution is 1.99. The Balaban J connectivity index is 2.86. The monoisotopic (exact) mass is 135 g/mol. The van der Waals surface area contributed by atoms with Gasteiger partial charge in [-0.05, 0) is 5.75 Å². The van der Waals surface area contributed by atoms with Gasteiger partial charge in [-0.3, -0.25) is 0 Å². The molecule has 3 N–H and O–H groups in total. The van der Waals surface area contributed by atoms with Crippen molar-refractivity contribution in [1.82, 2.24) is 0 Å². The third-order valence-corrected chi connectivity index (χ3v) is 1.82. The van der Waals surface area contributed by atoms with E-state index in [0.29, 0.717) is 6.54 Å². The Morgan fingerprint density at radius 2 is 2.38 bits per heavy atom. The van der Waals surface area contributed by atoms with Crippen molar-refractivity contribution < 1.29 is 5.11 Å². The van der Waals surface area contributed by atoms with Gasteiger partial charge in [-0.2, -0.15) is 11.8 Å². The van der Waals surface area contributed by atoms with Crippen LogP contribution in [-0.2, 0) is 0 Å². The normalized spacial score (nSPS) is 13.9. The minimum absolute atomic E-state index is 0.306. The number of rotatable bonds is 4. The van der Waals surface area contributed by atoms with Crippen LogP contribution in [-0.4, -0.2) is 29.3 Å². The van der Waals surface area contributed by atoms with E-state index in [1.165, 1.54) is 0 Å². The lowest BCUT2D eigenvalue weighted by Crippen LogP contribution is -2.21. The van der Waals surface area contributed by atoms with Crippen LogP contribution in [0.3, 0.4) is 0 Å². The first-order valence-electron chi connectivity index (χ1n) is 2.77. The van der Waals surface area contributed by atoms with Crippen LogP contribution in [0.1, 0.15) is 6.92 Å². The molecule has 0 aromatic heterocycles. The molecule has 50 valence electrons. The number of nitrogens with two attached hydrogens (primary N) is 1. The molecule has 3 heteroatoms. The number of aliphatic hydroxyl groups is 1. The lowest BCUT2D eigenvalue weighted by Gasteiger charge is -2.03. The van der Waals surface area contributed by atoms with E-state index < -0.39 is 0 Å². The molecule has 0 saturated carbocycles. The van der Waals surface area contributed by atoms with E-state index in [4.69, 9.17) is 10.8 Å². The maximum absolute atomic E-state index is 8.84. The molecule has 1 atom stereocenters. The molecule has 0 aliphatic carbocycles. The quantitative estimate of drug-likeness (QED) is 0.573. The van der Waals surface area contributed by atoms with E-state index in [-0.39, 0.29) is 6.10 Å². The van der Waals surface area contributed by atoms with Crippen molar-refractivity contribution in [1.29, 1.82) is 0 Å². The molecule has 0 amide bonds. The summed E-state index contributed by atoms with van der Waals surface area (Å²) < 4.78 is 0.